The number of hydrogen-bond donors (Lipinski definition) is 1. The zero-order chi connectivity index (χ0) is 12.5. The zero-order valence-electron chi connectivity index (χ0n) is 11.0. The molecule has 2 N–H and O–H groups in total. The molecule has 0 amide bonds. The lowest BCUT2D eigenvalue weighted by Gasteiger charge is -2.38. The van der Waals surface area contributed by atoms with Crippen LogP contribution in [0.1, 0.15) is 31.4 Å². The van der Waals surface area contributed by atoms with Gasteiger partial charge in [-0.1, -0.05) is 6.07 Å². The number of nitrogens with two attached hydrogens (primary N) is 1. The van der Waals surface area contributed by atoms with Gasteiger partial charge < -0.3 is 10.6 Å². The summed E-state index contributed by atoms with van der Waals surface area (Å²) < 4.78 is 0. The van der Waals surface area contributed by atoms with Crippen LogP contribution in [-0.2, 0) is 0 Å². The fourth-order valence-corrected chi connectivity index (χ4v) is 3.05. The van der Waals surface area contributed by atoms with Crippen molar-refractivity contribution in [2.45, 2.75) is 31.8 Å². The van der Waals surface area contributed by atoms with Gasteiger partial charge in [0.2, 0.25) is 0 Å². The van der Waals surface area contributed by atoms with Gasteiger partial charge in [-0.3, -0.25) is 4.90 Å². The molecule has 1 aromatic heterocycles. The molecule has 0 radical (unpaired) electrons. The van der Waals surface area contributed by atoms with Crippen molar-refractivity contribution in [3.8, 4) is 0 Å². The van der Waals surface area contributed by atoms with Crippen LogP contribution in [0.5, 0.6) is 0 Å². The third kappa shape index (κ3) is 2.22. The Balaban J connectivity index is 1.71. The number of rotatable bonds is 2. The first-order valence-electron chi connectivity index (χ1n) is 6.94. The standard InChI is InChI=1S/C14H22N4/c1-11(15)12-4-5-14(16-9-12)18-8-7-17-6-2-3-13(17)10-18/h4-5,9,11,13H,2-3,6-8,10,15H2,1H3/t11-,13?/m0/s1. The van der Waals surface area contributed by atoms with E-state index in [1.807, 2.05) is 13.1 Å². The molecule has 3 heterocycles. The summed E-state index contributed by atoms with van der Waals surface area (Å²) in [6.07, 6.45) is 4.62. The van der Waals surface area contributed by atoms with Crippen LogP contribution in [0.3, 0.4) is 0 Å². The summed E-state index contributed by atoms with van der Waals surface area (Å²) >= 11 is 0. The number of fused-ring (bicyclic) bond motifs is 1. The molecule has 0 saturated carbocycles. The van der Waals surface area contributed by atoms with Gasteiger partial charge in [-0.05, 0) is 37.9 Å². The maximum Gasteiger partial charge on any atom is 0.128 e. The molecule has 2 atom stereocenters. The molecule has 1 aromatic rings. The molecule has 18 heavy (non-hydrogen) atoms. The zero-order valence-corrected chi connectivity index (χ0v) is 11.0. The van der Waals surface area contributed by atoms with Crippen molar-refractivity contribution in [2.24, 2.45) is 5.73 Å². The summed E-state index contributed by atoms with van der Waals surface area (Å²) in [7, 11) is 0. The largest absolute Gasteiger partial charge is 0.354 e. The third-order valence-corrected chi connectivity index (χ3v) is 4.21. The summed E-state index contributed by atoms with van der Waals surface area (Å²) in [5.74, 6) is 1.10. The van der Waals surface area contributed by atoms with Crippen LogP contribution in [0.15, 0.2) is 18.3 Å². The van der Waals surface area contributed by atoms with Gasteiger partial charge >= 0.3 is 0 Å². The molecule has 2 aliphatic rings. The summed E-state index contributed by atoms with van der Waals surface area (Å²) in [5, 5.41) is 0. The van der Waals surface area contributed by atoms with Crippen molar-refractivity contribution in [2.75, 3.05) is 31.1 Å². The first kappa shape index (κ1) is 11.9. The van der Waals surface area contributed by atoms with Crippen molar-refractivity contribution in [1.29, 1.82) is 0 Å². The Kier molecular flexibility index (Phi) is 3.22. The van der Waals surface area contributed by atoms with Crippen molar-refractivity contribution in [3.05, 3.63) is 23.9 Å². The molecule has 0 bridgehead atoms. The number of anilines is 1. The second-order valence-corrected chi connectivity index (χ2v) is 5.52. The molecular formula is C14H22N4. The van der Waals surface area contributed by atoms with E-state index in [0.29, 0.717) is 0 Å². The van der Waals surface area contributed by atoms with Gasteiger partial charge in [0.1, 0.15) is 5.82 Å². The van der Waals surface area contributed by atoms with Gasteiger partial charge in [0.25, 0.3) is 0 Å². The second kappa shape index (κ2) is 4.86. The highest BCUT2D eigenvalue weighted by Gasteiger charge is 2.30. The quantitative estimate of drug-likeness (QED) is 0.856. The van der Waals surface area contributed by atoms with Crippen molar-refractivity contribution in [3.63, 3.8) is 0 Å². The van der Waals surface area contributed by atoms with E-state index in [9.17, 15) is 0 Å². The number of nitrogens with zero attached hydrogens (tertiary/aromatic N) is 3. The van der Waals surface area contributed by atoms with Gasteiger partial charge in [0, 0.05) is 37.9 Å². The van der Waals surface area contributed by atoms with Crippen LogP contribution >= 0.6 is 0 Å². The molecule has 4 heteroatoms. The Morgan fingerprint density at radius 3 is 2.94 bits per heavy atom. The molecule has 0 aromatic carbocycles. The molecular weight excluding hydrogens is 224 g/mol. The van der Waals surface area contributed by atoms with E-state index in [2.05, 4.69) is 26.9 Å². The fourth-order valence-electron chi connectivity index (χ4n) is 3.05. The Morgan fingerprint density at radius 2 is 2.22 bits per heavy atom. The van der Waals surface area contributed by atoms with Crippen LogP contribution in [0, 0.1) is 0 Å². The van der Waals surface area contributed by atoms with Gasteiger partial charge in [0.15, 0.2) is 0 Å². The van der Waals surface area contributed by atoms with E-state index < -0.39 is 0 Å². The van der Waals surface area contributed by atoms with Crippen LogP contribution in [0.4, 0.5) is 5.82 Å². The Bertz CT molecular complexity index is 401. The average Bonchev–Trinajstić information content (AvgIpc) is 2.86. The minimum atomic E-state index is 0.0678. The monoisotopic (exact) mass is 246 g/mol. The first-order chi connectivity index (χ1) is 8.74. The predicted octanol–water partition coefficient (Wildman–Crippen LogP) is 1.39. The second-order valence-electron chi connectivity index (χ2n) is 5.52. The predicted molar refractivity (Wildman–Crippen MR) is 73.6 cm³/mol. The average molecular weight is 246 g/mol. The molecule has 0 aliphatic carbocycles. The smallest absolute Gasteiger partial charge is 0.128 e. The SMILES string of the molecule is C[C@H](N)c1ccc(N2CCN3CCCC3C2)nc1. The molecule has 0 spiro atoms. The van der Waals surface area contributed by atoms with E-state index in [-0.39, 0.29) is 6.04 Å². The molecule has 2 aliphatic heterocycles. The van der Waals surface area contributed by atoms with Crippen LogP contribution in [0.2, 0.25) is 0 Å². The highest BCUT2D eigenvalue weighted by molar-refractivity contribution is 5.40. The molecule has 3 rings (SSSR count). The lowest BCUT2D eigenvalue weighted by Crippen LogP contribution is -2.50. The number of pyridine rings is 1. The van der Waals surface area contributed by atoms with Crippen LogP contribution in [0.25, 0.3) is 0 Å². The van der Waals surface area contributed by atoms with Crippen LogP contribution < -0.4 is 10.6 Å². The molecule has 4 nitrogen and oxygen atoms in total. The third-order valence-electron chi connectivity index (χ3n) is 4.21. The Hall–Kier alpha value is -1.13. The van der Waals surface area contributed by atoms with Crippen LogP contribution in [-0.4, -0.2) is 42.1 Å². The maximum atomic E-state index is 5.85. The normalized spacial score (nSPS) is 26.1. The summed E-state index contributed by atoms with van der Waals surface area (Å²) in [4.78, 5) is 9.60. The Labute approximate surface area is 109 Å². The lowest BCUT2D eigenvalue weighted by atomic mass is 10.1. The van der Waals surface area contributed by atoms with E-state index in [1.54, 1.807) is 0 Å². The minimum Gasteiger partial charge on any atom is -0.354 e. The number of piperazine rings is 1. The fraction of sp³-hybridized carbons (Fsp3) is 0.643. The summed E-state index contributed by atoms with van der Waals surface area (Å²) in [6.45, 7) is 6.69. The highest BCUT2D eigenvalue weighted by atomic mass is 15.3. The lowest BCUT2D eigenvalue weighted by molar-refractivity contribution is 0.230. The van der Waals surface area contributed by atoms with Gasteiger partial charge in [0.05, 0.1) is 0 Å². The molecule has 1 unspecified atom stereocenters. The molecule has 2 saturated heterocycles. The minimum absolute atomic E-state index is 0.0678. The summed E-state index contributed by atoms with van der Waals surface area (Å²) in [5.41, 5.74) is 6.96. The number of aromatic nitrogens is 1. The van der Waals surface area contributed by atoms with E-state index >= 15 is 0 Å². The van der Waals surface area contributed by atoms with E-state index in [1.165, 1.54) is 25.9 Å². The molecule has 98 valence electrons. The summed E-state index contributed by atoms with van der Waals surface area (Å²) in [6, 6.07) is 5.03. The van der Waals surface area contributed by atoms with Crippen molar-refractivity contribution >= 4 is 5.82 Å². The Morgan fingerprint density at radius 1 is 1.33 bits per heavy atom. The highest BCUT2D eigenvalue weighted by Crippen LogP contribution is 2.24. The topological polar surface area (TPSA) is 45.4 Å². The molecule has 2 fully saturated rings. The van der Waals surface area contributed by atoms with Gasteiger partial charge in [-0.2, -0.15) is 0 Å². The van der Waals surface area contributed by atoms with Crippen molar-refractivity contribution in [1.82, 2.24) is 9.88 Å². The first-order valence-corrected chi connectivity index (χ1v) is 6.94. The maximum absolute atomic E-state index is 5.85. The van der Waals surface area contributed by atoms with Gasteiger partial charge in [-0.25, -0.2) is 4.98 Å². The van der Waals surface area contributed by atoms with E-state index in [0.717, 1.165) is 30.5 Å². The number of hydrogen-bond acceptors (Lipinski definition) is 4. The van der Waals surface area contributed by atoms with Gasteiger partial charge in [-0.15, -0.1) is 0 Å². The van der Waals surface area contributed by atoms with E-state index in [4.69, 9.17) is 5.73 Å². The van der Waals surface area contributed by atoms with Crippen molar-refractivity contribution < 1.29 is 0 Å².